The zero-order chi connectivity index (χ0) is 50.1. The highest BCUT2D eigenvalue weighted by molar-refractivity contribution is 6.33. The maximum atomic E-state index is 15.2. The van der Waals surface area contributed by atoms with Crippen LogP contribution in [-0.2, 0) is 9.47 Å². The standard InChI is InChI=1S/C48H41ClF2N18O4/c49-35-20-31(60-33-8-11-40(53-24-33)45(70)64-66-47-56-25-36(50)43(61-47)68-13-16-72-17-14-68)6-9-34(35)42-54-21-29(22-55-42)41-27-69(15-18-73-41)44-37(51)26-57-48(62-44)67-65-46(71)39-10-7-32(23-52-39)59-30-4-1-3-28(19-30)38-5-2-12-58-63-38/h1-12,19-26,41,59-60H,13-18,27H2,(H,64,70)(H,65,71)(H,56,61,66)(H,57,62,67). The van der Waals surface area contributed by atoms with E-state index in [4.69, 9.17) is 21.1 Å². The van der Waals surface area contributed by atoms with Gasteiger partial charge in [0.15, 0.2) is 29.1 Å². The second kappa shape index (κ2) is 21.9. The molecular weight excluding hydrogens is 966 g/mol. The number of carbonyl (C=O) groups excluding carboxylic acids is 2. The molecule has 6 N–H and O–H groups in total. The van der Waals surface area contributed by atoms with Crippen molar-refractivity contribution in [2.24, 2.45) is 0 Å². The molecule has 2 saturated heterocycles. The summed E-state index contributed by atoms with van der Waals surface area (Å²) in [5.74, 6) is -1.90. The Kier molecular flexibility index (Phi) is 14.3. The summed E-state index contributed by atoms with van der Waals surface area (Å²) in [7, 11) is 0. The summed E-state index contributed by atoms with van der Waals surface area (Å²) >= 11 is 6.72. The summed E-state index contributed by atoms with van der Waals surface area (Å²) in [4.78, 5) is 63.4. The first-order valence-corrected chi connectivity index (χ1v) is 22.9. The number of aromatic nitrogens is 10. The van der Waals surface area contributed by atoms with E-state index in [1.54, 1.807) is 64.8 Å². The quantitative estimate of drug-likeness (QED) is 0.0614. The molecule has 368 valence electrons. The zero-order valence-corrected chi connectivity index (χ0v) is 39.0. The van der Waals surface area contributed by atoms with Gasteiger partial charge < -0.3 is 29.9 Å². The third-order valence-corrected chi connectivity index (χ3v) is 11.6. The van der Waals surface area contributed by atoms with Crippen molar-refractivity contribution in [1.29, 1.82) is 0 Å². The summed E-state index contributed by atoms with van der Waals surface area (Å²) in [6, 6.07) is 23.1. The van der Waals surface area contributed by atoms with Crippen molar-refractivity contribution in [3.8, 4) is 22.6 Å². The number of pyridine rings is 2. The van der Waals surface area contributed by atoms with Crippen molar-refractivity contribution in [2.45, 2.75) is 6.10 Å². The van der Waals surface area contributed by atoms with Crippen LogP contribution in [0.15, 0.2) is 122 Å². The molecule has 2 aromatic carbocycles. The van der Waals surface area contributed by atoms with Crippen LogP contribution in [0.25, 0.3) is 22.6 Å². The highest BCUT2D eigenvalue weighted by Crippen LogP contribution is 2.32. The minimum Gasteiger partial charge on any atom is -0.378 e. The molecule has 25 heteroatoms. The number of morpholine rings is 2. The van der Waals surface area contributed by atoms with Gasteiger partial charge in [0.05, 0.1) is 73.2 Å². The average Bonchev–Trinajstić information content (AvgIpc) is 3.43. The Morgan fingerprint density at radius 1 is 0.630 bits per heavy atom. The van der Waals surface area contributed by atoms with Crippen molar-refractivity contribution >= 4 is 69.7 Å². The van der Waals surface area contributed by atoms with E-state index in [0.29, 0.717) is 71.9 Å². The van der Waals surface area contributed by atoms with Gasteiger partial charge in [-0.1, -0.05) is 23.7 Å². The Balaban J connectivity index is 0.704. The van der Waals surface area contributed by atoms with E-state index >= 15 is 4.39 Å². The number of nitrogens with zero attached hydrogens (tertiary/aromatic N) is 12. The molecule has 0 spiro atoms. The fraction of sp³-hybridized carbons (Fsp3) is 0.167. The van der Waals surface area contributed by atoms with Crippen LogP contribution in [0.5, 0.6) is 0 Å². The first kappa shape index (κ1) is 47.5. The van der Waals surface area contributed by atoms with Crippen LogP contribution < -0.4 is 42.1 Å². The summed E-state index contributed by atoms with van der Waals surface area (Å²) in [5, 5.41) is 14.9. The smallest absolute Gasteiger partial charge is 0.288 e. The number of anilines is 8. The molecule has 0 radical (unpaired) electrons. The van der Waals surface area contributed by atoms with E-state index in [1.165, 1.54) is 18.5 Å². The number of halogens is 3. The number of carbonyl (C=O) groups is 2. The molecule has 2 aliphatic heterocycles. The monoisotopic (exact) mass is 1010 g/mol. The van der Waals surface area contributed by atoms with Crippen molar-refractivity contribution in [3.05, 3.63) is 156 Å². The van der Waals surface area contributed by atoms with Crippen LogP contribution in [0.4, 0.5) is 55.1 Å². The molecule has 1 atom stereocenters. The van der Waals surface area contributed by atoms with Gasteiger partial charge in [0.2, 0.25) is 11.9 Å². The molecule has 2 fully saturated rings. The first-order chi connectivity index (χ1) is 35.7. The lowest BCUT2D eigenvalue weighted by atomic mass is 10.1. The fourth-order valence-corrected chi connectivity index (χ4v) is 7.88. The summed E-state index contributed by atoms with van der Waals surface area (Å²) in [6.07, 6.45) is 9.40. The number of nitrogens with one attached hydrogen (secondary N) is 6. The molecule has 1 unspecified atom stereocenters. The van der Waals surface area contributed by atoms with E-state index in [2.05, 4.69) is 82.4 Å². The molecule has 73 heavy (non-hydrogen) atoms. The minimum absolute atomic E-state index is 0.0111. The highest BCUT2D eigenvalue weighted by Gasteiger charge is 2.27. The third-order valence-electron chi connectivity index (χ3n) is 11.3. The molecule has 10 rings (SSSR count). The maximum absolute atomic E-state index is 15.2. The van der Waals surface area contributed by atoms with Crippen LogP contribution in [0.2, 0.25) is 5.02 Å². The van der Waals surface area contributed by atoms with Gasteiger partial charge in [-0.2, -0.15) is 20.2 Å². The van der Waals surface area contributed by atoms with Crippen molar-refractivity contribution < 1.29 is 27.8 Å². The molecule has 8 heterocycles. The Bertz CT molecular complexity index is 3240. The summed E-state index contributed by atoms with van der Waals surface area (Å²) < 4.78 is 41.0. The van der Waals surface area contributed by atoms with Gasteiger partial charge in [0.25, 0.3) is 11.8 Å². The van der Waals surface area contributed by atoms with Crippen molar-refractivity contribution in [3.63, 3.8) is 0 Å². The third kappa shape index (κ3) is 11.6. The number of hydrogen-bond donors (Lipinski definition) is 6. The predicted molar refractivity (Wildman–Crippen MR) is 265 cm³/mol. The van der Waals surface area contributed by atoms with Gasteiger partial charge in [-0.25, -0.2) is 38.7 Å². The van der Waals surface area contributed by atoms with Gasteiger partial charge in [-0.05, 0) is 66.7 Å². The van der Waals surface area contributed by atoms with Crippen LogP contribution in [-0.4, -0.2) is 108 Å². The Hall–Kier alpha value is -9.13. The Morgan fingerprint density at radius 2 is 1.25 bits per heavy atom. The van der Waals surface area contributed by atoms with Crippen LogP contribution >= 0.6 is 11.6 Å². The lowest BCUT2D eigenvalue weighted by molar-refractivity contribution is 0.0388. The lowest BCUT2D eigenvalue weighted by Crippen LogP contribution is -2.40. The predicted octanol–water partition coefficient (Wildman–Crippen LogP) is 6.32. The highest BCUT2D eigenvalue weighted by atomic mass is 35.5. The van der Waals surface area contributed by atoms with Gasteiger partial charge >= 0.3 is 0 Å². The number of ether oxygens (including phenoxy) is 2. The van der Waals surface area contributed by atoms with Gasteiger partial charge in [0.1, 0.15) is 17.5 Å². The van der Waals surface area contributed by atoms with Gasteiger partial charge in [-0.3, -0.25) is 31.3 Å². The topological polar surface area (TPSA) is 260 Å². The molecule has 6 aromatic heterocycles. The van der Waals surface area contributed by atoms with Crippen molar-refractivity contribution in [2.75, 3.05) is 77.3 Å². The number of rotatable bonds is 15. The van der Waals surface area contributed by atoms with Gasteiger partial charge in [0, 0.05) is 66.3 Å². The van der Waals surface area contributed by atoms with E-state index in [1.807, 2.05) is 36.4 Å². The normalized spacial score (nSPS) is 14.5. The van der Waals surface area contributed by atoms with E-state index < -0.39 is 29.6 Å². The summed E-state index contributed by atoms with van der Waals surface area (Å²) in [5.41, 5.74) is 16.0. The number of hydrogen-bond acceptors (Lipinski definition) is 20. The van der Waals surface area contributed by atoms with Crippen LogP contribution in [0.3, 0.4) is 0 Å². The average molecular weight is 1010 g/mol. The zero-order valence-electron chi connectivity index (χ0n) is 38.2. The van der Waals surface area contributed by atoms with Gasteiger partial charge in [-0.15, -0.1) is 0 Å². The SMILES string of the molecule is O=C(NNc1ncc(F)c(N2CCOCC2)n1)c1ccc(Nc2ccc(-c3ncc(C4CN(c5nc(NNC(=O)c6ccc(Nc7cccc(-c8cccnn8)c7)cn6)ncc5F)CCO4)cn3)c(Cl)c2)cn1. The second-order valence-corrected chi connectivity index (χ2v) is 16.5. The lowest BCUT2D eigenvalue weighted by Gasteiger charge is -2.33. The molecule has 22 nitrogen and oxygen atoms in total. The molecular formula is C48H41ClF2N18O4. The Morgan fingerprint density at radius 3 is 1.85 bits per heavy atom. The molecule has 8 aromatic rings. The molecule has 2 aliphatic rings. The maximum Gasteiger partial charge on any atom is 0.288 e. The Labute approximate surface area is 419 Å². The van der Waals surface area contributed by atoms with E-state index in [0.717, 1.165) is 29.3 Å². The largest absolute Gasteiger partial charge is 0.378 e. The molecule has 0 bridgehead atoms. The molecule has 2 amide bonds. The van der Waals surface area contributed by atoms with Crippen molar-refractivity contribution in [1.82, 2.24) is 60.9 Å². The summed E-state index contributed by atoms with van der Waals surface area (Å²) in [6.45, 7) is 2.68. The van der Waals surface area contributed by atoms with Crippen LogP contribution in [0.1, 0.15) is 32.6 Å². The molecule has 0 saturated carbocycles. The molecule has 0 aliphatic carbocycles. The number of amides is 2. The number of benzene rings is 2. The fourth-order valence-electron chi connectivity index (χ4n) is 7.62. The van der Waals surface area contributed by atoms with E-state index in [-0.39, 0.29) is 48.1 Å². The second-order valence-electron chi connectivity index (χ2n) is 16.1. The number of hydrazine groups is 2. The minimum atomic E-state index is -0.661. The first-order valence-electron chi connectivity index (χ1n) is 22.5. The van der Waals surface area contributed by atoms with E-state index in [9.17, 15) is 14.0 Å². The van der Waals surface area contributed by atoms with Crippen LogP contribution in [0, 0.1) is 11.6 Å².